The van der Waals surface area contributed by atoms with Crippen molar-refractivity contribution >= 4 is 28.4 Å². The van der Waals surface area contributed by atoms with Gasteiger partial charge in [0, 0.05) is 17.0 Å². The van der Waals surface area contributed by atoms with Gasteiger partial charge in [-0.2, -0.15) is 17.5 Å². The van der Waals surface area contributed by atoms with E-state index in [1.807, 2.05) is 0 Å². The summed E-state index contributed by atoms with van der Waals surface area (Å²) in [5.41, 5.74) is -0.718. The molecule has 2 heterocycles. The van der Waals surface area contributed by atoms with Crippen molar-refractivity contribution in [1.29, 1.82) is 0 Å². The second-order valence-corrected chi connectivity index (χ2v) is 5.95. The van der Waals surface area contributed by atoms with E-state index in [2.05, 4.69) is 9.36 Å². The highest BCUT2D eigenvalue weighted by molar-refractivity contribution is 7.08. The molecule has 9 heteroatoms. The zero-order valence-corrected chi connectivity index (χ0v) is 14.6. The van der Waals surface area contributed by atoms with Gasteiger partial charge in [-0.05, 0) is 30.6 Å². The van der Waals surface area contributed by atoms with Crippen LogP contribution >= 0.6 is 11.5 Å². The SMILES string of the molecule is CCOC(=O)c1snc(-c2cccc3nc(OC)ccc23)c1C(F)(F)F. The maximum atomic E-state index is 13.7. The molecule has 0 saturated heterocycles. The molecule has 0 aliphatic heterocycles. The summed E-state index contributed by atoms with van der Waals surface area (Å²) in [4.78, 5) is 15.6. The minimum atomic E-state index is -4.76. The number of fused-ring (bicyclic) bond motifs is 1. The molecule has 3 aromatic rings. The first-order chi connectivity index (χ1) is 12.4. The Morgan fingerprint density at radius 2 is 2.00 bits per heavy atom. The predicted molar refractivity (Wildman–Crippen MR) is 90.4 cm³/mol. The van der Waals surface area contributed by atoms with E-state index in [0.717, 1.165) is 0 Å². The normalized spacial score (nSPS) is 11.6. The van der Waals surface area contributed by atoms with Crippen molar-refractivity contribution in [1.82, 2.24) is 9.36 Å². The maximum Gasteiger partial charge on any atom is 0.420 e. The smallest absolute Gasteiger partial charge is 0.420 e. The van der Waals surface area contributed by atoms with Crippen LogP contribution in [0.3, 0.4) is 0 Å². The number of halogens is 3. The third-order valence-electron chi connectivity index (χ3n) is 3.61. The monoisotopic (exact) mass is 382 g/mol. The quantitative estimate of drug-likeness (QED) is 0.619. The summed E-state index contributed by atoms with van der Waals surface area (Å²) in [6.07, 6.45) is -4.76. The van der Waals surface area contributed by atoms with Crippen LogP contribution in [0.4, 0.5) is 13.2 Å². The van der Waals surface area contributed by atoms with Gasteiger partial charge in [-0.15, -0.1) is 0 Å². The van der Waals surface area contributed by atoms with Gasteiger partial charge < -0.3 is 9.47 Å². The first-order valence-electron chi connectivity index (χ1n) is 7.55. The number of hydrogen-bond acceptors (Lipinski definition) is 6. The predicted octanol–water partition coefficient (Wildman–Crippen LogP) is 4.56. The number of rotatable bonds is 4. The average molecular weight is 382 g/mol. The molecule has 0 atom stereocenters. The minimum Gasteiger partial charge on any atom is -0.481 e. The Labute approximate surface area is 150 Å². The van der Waals surface area contributed by atoms with Crippen molar-refractivity contribution in [2.45, 2.75) is 13.1 Å². The highest BCUT2D eigenvalue weighted by Crippen LogP contribution is 2.42. The van der Waals surface area contributed by atoms with Crippen LogP contribution in [0.2, 0.25) is 0 Å². The zero-order chi connectivity index (χ0) is 18.9. The average Bonchev–Trinajstić information content (AvgIpc) is 3.06. The highest BCUT2D eigenvalue weighted by atomic mass is 32.1. The summed E-state index contributed by atoms with van der Waals surface area (Å²) >= 11 is 0.473. The van der Waals surface area contributed by atoms with E-state index in [-0.39, 0.29) is 17.9 Å². The summed E-state index contributed by atoms with van der Waals surface area (Å²) in [6, 6.07) is 7.91. The van der Waals surface area contributed by atoms with Crippen molar-refractivity contribution in [2.24, 2.45) is 0 Å². The van der Waals surface area contributed by atoms with Crippen molar-refractivity contribution in [3.8, 4) is 17.1 Å². The fraction of sp³-hybridized carbons (Fsp3) is 0.235. The second kappa shape index (κ2) is 6.91. The lowest BCUT2D eigenvalue weighted by atomic mass is 10.0. The number of aromatic nitrogens is 2. The topological polar surface area (TPSA) is 61.3 Å². The van der Waals surface area contributed by atoms with Crippen LogP contribution in [-0.2, 0) is 10.9 Å². The molecule has 0 N–H and O–H groups in total. The molecule has 0 saturated carbocycles. The summed E-state index contributed by atoms with van der Waals surface area (Å²) in [5, 5.41) is 0.472. The number of hydrogen-bond donors (Lipinski definition) is 0. The van der Waals surface area contributed by atoms with Crippen LogP contribution in [-0.4, -0.2) is 29.0 Å². The van der Waals surface area contributed by atoms with Gasteiger partial charge in [0.15, 0.2) is 0 Å². The molecule has 0 aliphatic rings. The fourth-order valence-corrected chi connectivity index (χ4v) is 3.34. The molecule has 0 unspecified atom stereocenters. The second-order valence-electron chi connectivity index (χ2n) is 5.18. The molecule has 5 nitrogen and oxygen atoms in total. The number of alkyl halides is 3. The number of pyridine rings is 1. The molecule has 2 aromatic heterocycles. The Hall–Kier alpha value is -2.68. The van der Waals surface area contributed by atoms with Gasteiger partial charge in [0.25, 0.3) is 0 Å². The van der Waals surface area contributed by atoms with Crippen LogP contribution in [0, 0.1) is 0 Å². The lowest BCUT2D eigenvalue weighted by Crippen LogP contribution is -2.13. The Bertz CT molecular complexity index is 970. The highest BCUT2D eigenvalue weighted by Gasteiger charge is 2.41. The summed E-state index contributed by atoms with van der Waals surface area (Å²) in [7, 11) is 1.45. The summed E-state index contributed by atoms with van der Waals surface area (Å²) < 4.78 is 54.7. The van der Waals surface area contributed by atoms with E-state index in [9.17, 15) is 18.0 Å². The minimum absolute atomic E-state index is 0.0264. The first-order valence-corrected chi connectivity index (χ1v) is 8.32. The molecule has 0 bridgehead atoms. The molecular formula is C17H13F3N2O3S. The van der Waals surface area contributed by atoms with Crippen LogP contribution in [0.1, 0.15) is 22.2 Å². The van der Waals surface area contributed by atoms with Crippen LogP contribution in [0.25, 0.3) is 22.2 Å². The van der Waals surface area contributed by atoms with E-state index in [1.165, 1.54) is 20.1 Å². The van der Waals surface area contributed by atoms with Gasteiger partial charge in [-0.3, -0.25) is 0 Å². The Morgan fingerprint density at radius 1 is 1.23 bits per heavy atom. The van der Waals surface area contributed by atoms with Crippen molar-refractivity contribution in [2.75, 3.05) is 13.7 Å². The van der Waals surface area contributed by atoms with Gasteiger partial charge >= 0.3 is 12.1 Å². The van der Waals surface area contributed by atoms with Crippen LogP contribution in [0.5, 0.6) is 5.88 Å². The third kappa shape index (κ3) is 3.22. The third-order valence-corrected chi connectivity index (χ3v) is 4.43. The van der Waals surface area contributed by atoms with Gasteiger partial charge in [-0.1, -0.05) is 12.1 Å². The van der Waals surface area contributed by atoms with E-state index in [0.29, 0.717) is 28.3 Å². The number of methoxy groups -OCH3 is 1. The van der Waals surface area contributed by atoms with Crippen molar-refractivity contribution < 1.29 is 27.4 Å². The van der Waals surface area contributed by atoms with Gasteiger partial charge in [0.2, 0.25) is 5.88 Å². The standard InChI is InChI=1S/C17H13F3N2O3S/c1-3-25-16(23)15-13(17(18,19)20)14(22-26-15)10-5-4-6-11-9(10)7-8-12(21-11)24-2/h4-8H,3H2,1-2H3. The first kappa shape index (κ1) is 18.1. The number of nitrogens with zero attached hydrogens (tertiary/aromatic N) is 2. The van der Waals surface area contributed by atoms with E-state index < -0.39 is 22.6 Å². The van der Waals surface area contributed by atoms with Gasteiger partial charge in [-0.25, -0.2) is 9.78 Å². The Balaban J connectivity index is 2.24. The van der Waals surface area contributed by atoms with Gasteiger partial charge in [0.05, 0.1) is 24.9 Å². The summed E-state index contributed by atoms with van der Waals surface area (Å²) in [5.74, 6) is -0.695. The number of ether oxygens (including phenoxy) is 2. The van der Waals surface area contributed by atoms with Crippen molar-refractivity contribution in [3.05, 3.63) is 40.8 Å². The molecule has 0 aliphatic carbocycles. The van der Waals surface area contributed by atoms with E-state index >= 15 is 0 Å². The van der Waals surface area contributed by atoms with E-state index in [1.54, 1.807) is 24.3 Å². The molecule has 3 rings (SSSR count). The number of carbonyl (C=O) groups is 1. The molecule has 0 fully saturated rings. The van der Waals surface area contributed by atoms with Crippen molar-refractivity contribution in [3.63, 3.8) is 0 Å². The number of esters is 1. The van der Waals surface area contributed by atoms with Gasteiger partial charge in [0.1, 0.15) is 10.4 Å². The molecule has 0 spiro atoms. The molecule has 1 aromatic carbocycles. The van der Waals surface area contributed by atoms with E-state index in [4.69, 9.17) is 9.47 Å². The number of carbonyl (C=O) groups excluding carboxylic acids is 1. The lowest BCUT2D eigenvalue weighted by molar-refractivity contribution is -0.137. The molecule has 26 heavy (non-hydrogen) atoms. The van der Waals surface area contributed by atoms with Crippen LogP contribution in [0.15, 0.2) is 30.3 Å². The summed E-state index contributed by atoms with van der Waals surface area (Å²) in [6.45, 7) is 1.50. The largest absolute Gasteiger partial charge is 0.481 e. The van der Waals surface area contributed by atoms with Crippen LogP contribution < -0.4 is 4.74 Å². The molecule has 136 valence electrons. The Morgan fingerprint density at radius 3 is 2.65 bits per heavy atom. The fourth-order valence-electron chi connectivity index (χ4n) is 2.53. The number of benzene rings is 1. The molecule has 0 radical (unpaired) electrons. The Kier molecular flexibility index (Phi) is 4.82. The zero-order valence-electron chi connectivity index (χ0n) is 13.8. The molecular weight excluding hydrogens is 369 g/mol. The maximum absolute atomic E-state index is 13.7. The molecule has 0 amide bonds. The lowest BCUT2D eigenvalue weighted by Gasteiger charge is -2.11.